The fourth-order valence-electron chi connectivity index (χ4n) is 3.40. The third kappa shape index (κ3) is 4.14. The lowest BCUT2D eigenvalue weighted by Gasteiger charge is -2.30. The Morgan fingerprint density at radius 2 is 1.97 bits per heavy atom. The Kier molecular flexibility index (Phi) is 5.58. The highest BCUT2D eigenvalue weighted by Gasteiger charge is 2.34. The average molecular weight is 435 g/mol. The van der Waals surface area contributed by atoms with E-state index in [4.69, 9.17) is 20.8 Å². The van der Waals surface area contributed by atoms with Crippen molar-refractivity contribution in [3.05, 3.63) is 59.6 Å². The molecule has 0 bridgehead atoms. The largest absolute Gasteiger partial charge is 0.457 e. The molecular weight excluding hydrogens is 416 g/mol. The number of sulfonamides is 1. The minimum atomic E-state index is -3.74. The lowest BCUT2D eigenvalue weighted by atomic mass is 9.98. The molecule has 0 unspecified atom stereocenters. The Bertz CT molecular complexity index is 1100. The standard InChI is InChI=1S/C20H19ClN2O5S/c21-19-18(6-3-9-22-19)29(25,26)23-10-7-14(8-11-23)20(24)27-13-16-12-15-4-1-2-5-17(15)28-16/h1-6,9,12,14H,7-8,10-11,13H2. The molecule has 1 aliphatic rings. The first kappa shape index (κ1) is 19.9. The molecule has 0 saturated carbocycles. The number of benzene rings is 1. The molecule has 0 N–H and O–H groups in total. The van der Waals surface area contributed by atoms with E-state index in [-0.39, 0.29) is 41.6 Å². The van der Waals surface area contributed by atoms with Gasteiger partial charge in [0.05, 0.1) is 5.92 Å². The van der Waals surface area contributed by atoms with Gasteiger partial charge in [0.15, 0.2) is 0 Å². The smallest absolute Gasteiger partial charge is 0.309 e. The van der Waals surface area contributed by atoms with Crippen LogP contribution in [0.25, 0.3) is 11.0 Å². The van der Waals surface area contributed by atoms with Crippen LogP contribution in [0.15, 0.2) is 58.0 Å². The van der Waals surface area contributed by atoms with Gasteiger partial charge in [-0.1, -0.05) is 29.8 Å². The Balaban J connectivity index is 1.34. The molecule has 9 heteroatoms. The number of furan rings is 1. The van der Waals surface area contributed by atoms with Crippen molar-refractivity contribution < 1.29 is 22.4 Å². The molecule has 4 rings (SSSR count). The second-order valence-corrected chi connectivity index (χ2v) is 9.09. The molecule has 1 aliphatic heterocycles. The van der Waals surface area contributed by atoms with Crippen LogP contribution in [0.3, 0.4) is 0 Å². The predicted octanol–water partition coefficient (Wildman–Crippen LogP) is 3.63. The highest BCUT2D eigenvalue weighted by atomic mass is 35.5. The molecular formula is C20H19ClN2O5S. The average Bonchev–Trinajstić information content (AvgIpc) is 3.15. The lowest BCUT2D eigenvalue weighted by molar-refractivity contribution is -0.151. The van der Waals surface area contributed by atoms with Crippen molar-refractivity contribution in [2.75, 3.05) is 13.1 Å². The maximum absolute atomic E-state index is 12.8. The van der Waals surface area contributed by atoms with Gasteiger partial charge in [-0.05, 0) is 37.1 Å². The molecule has 29 heavy (non-hydrogen) atoms. The van der Waals surface area contributed by atoms with Crippen LogP contribution in [-0.2, 0) is 26.2 Å². The van der Waals surface area contributed by atoms with Gasteiger partial charge in [0.2, 0.25) is 10.0 Å². The van der Waals surface area contributed by atoms with E-state index in [9.17, 15) is 13.2 Å². The highest BCUT2D eigenvalue weighted by Crippen LogP contribution is 2.28. The van der Waals surface area contributed by atoms with E-state index >= 15 is 0 Å². The first-order valence-corrected chi connectivity index (χ1v) is 11.0. The molecule has 0 spiro atoms. The molecule has 2 aromatic heterocycles. The van der Waals surface area contributed by atoms with Gasteiger partial charge < -0.3 is 9.15 Å². The van der Waals surface area contributed by atoms with E-state index in [0.717, 1.165) is 11.0 Å². The quantitative estimate of drug-likeness (QED) is 0.450. The van der Waals surface area contributed by atoms with E-state index in [0.29, 0.717) is 18.6 Å². The second kappa shape index (κ2) is 8.14. The fraction of sp³-hybridized carbons (Fsp3) is 0.300. The third-order valence-corrected chi connectivity index (χ3v) is 7.31. The number of nitrogens with zero attached hydrogens (tertiary/aromatic N) is 2. The van der Waals surface area contributed by atoms with Crippen LogP contribution in [-0.4, -0.2) is 36.8 Å². The summed E-state index contributed by atoms with van der Waals surface area (Å²) in [5.74, 6) is -0.122. The Morgan fingerprint density at radius 1 is 1.21 bits per heavy atom. The summed E-state index contributed by atoms with van der Waals surface area (Å²) in [5.41, 5.74) is 0.742. The van der Waals surface area contributed by atoms with Gasteiger partial charge in [-0.15, -0.1) is 0 Å². The molecule has 7 nitrogen and oxygen atoms in total. The van der Waals surface area contributed by atoms with Crippen molar-refractivity contribution >= 4 is 38.6 Å². The number of esters is 1. The Labute approximate surface area is 173 Å². The molecule has 0 amide bonds. The predicted molar refractivity (Wildman–Crippen MR) is 107 cm³/mol. The maximum atomic E-state index is 12.8. The van der Waals surface area contributed by atoms with E-state index < -0.39 is 10.0 Å². The molecule has 0 aliphatic carbocycles. The van der Waals surface area contributed by atoms with Gasteiger partial charge in [0.25, 0.3) is 0 Å². The molecule has 1 saturated heterocycles. The van der Waals surface area contributed by atoms with Crippen molar-refractivity contribution in [1.82, 2.24) is 9.29 Å². The number of rotatable bonds is 5. The molecule has 0 radical (unpaired) electrons. The molecule has 152 valence electrons. The van der Waals surface area contributed by atoms with Crippen LogP contribution >= 0.6 is 11.6 Å². The second-order valence-electron chi connectivity index (χ2n) is 6.83. The SMILES string of the molecule is O=C(OCc1cc2ccccc2o1)C1CCN(S(=O)(=O)c2cccnc2Cl)CC1. The van der Waals surface area contributed by atoms with Crippen LogP contribution in [0.2, 0.25) is 5.15 Å². The lowest BCUT2D eigenvalue weighted by Crippen LogP contribution is -2.40. The van der Waals surface area contributed by atoms with Crippen LogP contribution in [0.4, 0.5) is 0 Å². The molecule has 3 heterocycles. The van der Waals surface area contributed by atoms with Crippen LogP contribution in [0, 0.1) is 5.92 Å². The summed E-state index contributed by atoms with van der Waals surface area (Å²) < 4.78 is 37.9. The number of para-hydroxylation sites is 1. The summed E-state index contributed by atoms with van der Waals surface area (Å²) in [4.78, 5) is 16.2. The van der Waals surface area contributed by atoms with E-state index in [1.807, 2.05) is 30.3 Å². The normalized spacial score (nSPS) is 16.2. The van der Waals surface area contributed by atoms with Crippen molar-refractivity contribution in [2.24, 2.45) is 5.92 Å². The zero-order valence-electron chi connectivity index (χ0n) is 15.5. The zero-order chi connectivity index (χ0) is 20.4. The number of carbonyl (C=O) groups excluding carboxylic acids is 1. The number of piperidine rings is 1. The Hall–Kier alpha value is -2.42. The number of halogens is 1. The van der Waals surface area contributed by atoms with E-state index in [1.165, 1.54) is 22.6 Å². The minimum Gasteiger partial charge on any atom is -0.457 e. The first-order valence-electron chi connectivity index (χ1n) is 9.20. The number of ether oxygens (including phenoxy) is 1. The number of hydrogen-bond donors (Lipinski definition) is 0. The topological polar surface area (TPSA) is 89.7 Å². The number of aromatic nitrogens is 1. The zero-order valence-corrected chi connectivity index (χ0v) is 17.0. The van der Waals surface area contributed by atoms with Crippen LogP contribution in [0.5, 0.6) is 0 Å². The van der Waals surface area contributed by atoms with Gasteiger partial charge in [-0.25, -0.2) is 13.4 Å². The minimum absolute atomic E-state index is 0.0208. The summed E-state index contributed by atoms with van der Waals surface area (Å²) in [6, 6.07) is 12.4. The summed E-state index contributed by atoms with van der Waals surface area (Å²) in [6.07, 6.45) is 2.21. The van der Waals surface area contributed by atoms with Gasteiger partial charge in [0.1, 0.15) is 28.0 Å². The van der Waals surface area contributed by atoms with E-state index in [1.54, 1.807) is 0 Å². The van der Waals surface area contributed by atoms with Crippen LogP contribution < -0.4 is 0 Å². The van der Waals surface area contributed by atoms with Gasteiger partial charge in [-0.3, -0.25) is 4.79 Å². The highest BCUT2D eigenvalue weighted by molar-refractivity contribution is 7.89. The molecule has 1 aromatic carbocycles. The number of hydrogen-bond acceptors (Lipinski definition) is 6. The molecule has 1 fully saturated rings. The van der Waals surface area contributed by atoms with Crippen molar-refractivity contribution in [3.8, 4) is 0 Å². The fourth-order valence-corrected chi connectivity index (χ4v) is 5.30. The van der Waals surface area contributed by atoms with Crippen LogP contribution in [0.1, 0.15) is 18.6 Å². The van der Waals surface area contributed by atoms with Gasteiger partial charge >= 0.3 is 5.97 Å². The number of fused-ring (bicyclic) bond motifs is 1. The summed E-state index contributed by atoms with van der Waals surface area (Å²) in [5, 5.41) is 0.894. The van der Waals surface area contributed by atoms with Crippen molar-refractivity contribution in [1.29, 1.82) is 0 Å². The summed E-state index contributed by atoms with van der Waals surface area (Å²) in [7, 11) is -3.74. The van der Waals surface area contributed by atoms with Crippen molar-refractivity contribution in [3.63, 3.8) is 0 Å². The van der Waals surface area contributed by atoms with Gasteiger partial charge in [0, 0.05) is 24.7 Å². The van der Waals surface area contributed by atoms with Gasteiger partial charge in [-0.2, -0.15) is 4.31 Å². The summed E-state index contributed by atoms with van der Waals surface area (Å²) in [6.45, 7) is 0.493. The number of carbonyl (C=O) groups is 1. The maximum Gasteiger partial charge on any atom is 0.309 e. The summed E-state index contributed by atoms with van der Waals surface area (Å²) >= 11 is 5.94. The Morgan fingerprint density at radius 3 is 2.69 bits per heavy atom. The third-order valence-electron chi connectivity index (χ3n) is 4.96. The molecule has 0 atom stereocenters. The van der Waals surface area contributed by atoms with Crippen molar-refractivity contribution in [2.45, 2.75) is 24.3 Å². The first-order chi connectivity index (χ1) is 13.9. The number of pyridine rings is 1. The van der Waals surface area contributed by atoms with E-state index in [2.05, 4.69) is 4.98 Å². The molecule has 3 aromatic rings. The monoisotopic (exact) mass is 434 g/mol.